The summed E-state index contributed by atoms with van der Waals surface area (Å²) in [5, 5.41) is 3.10. The fraction of sp³-hybridized carbons (Fsp3) is 0.208. The molecule has 2 N–H and O–H groups in total. The minimum absolute atomic E-state index is 0.0553. The van der Waals surface area contributed by atoms with Crippen LogP contribution in [0.5, 0.6) is 0 Å². The molecule has 0 fully saturated rings. The molecule has 4 rings (SSSR count). The Morgan fingerprint density at radius 2 is 1.84 bits per heavy atom. The maximum Gasteiger partial charge on any atom is 0.263 e. The molecule has 31 heavy (non-hydrogen) atoms. The van der Waals surface area contributed by atoms with Gasteiger partial charge in [-0.15, -0.1) is 0 Å². The van der Waals surface area contributed by atoms with E-state index in [4.69, 9.17) is 11.6 Å². The summed E-state index contributed by atoms with van der Waals surface area (Å²) in [7, 11) is -3.96. The third-order valence-electron chi connectivity index (χ3n) is 5.43. The molecule has 0 radical (unpaired) electrons. The van der Waals surface area contributed by atoms with Gasteiger partial charge in [0.25, 0.3) is 15.9 Å². The number of rotatable bonds is 5. The summed E-state index contributed by atoms with van der Waals surface area (Å²) < 4.78 is 28.4. The third kappa shape index (κ3) is 4.75. The Bertz CT molecular complexity index is 1240. The smallest absolute Gasteiger partial charge is 0.263 e. The lowest BCUT2D eigenvalue weighted by atomic mass is 9.87. The number of nitrogens with one attached hydrogen (secondary N) is 2. The van der Waals surface area contributed by atoms with Gasteiger partial charge in [0.1, 0.15) is 4.90 Å². The summed E-state index contributed by atoms with van der Waals surface area (Å²) in [5.41, 5.74) is 3.96. The van der Waals surface area contributed by atoms with E-state index in [9.17, 15) is 13.2 Å². The van der Waals surface area contributed by atoms with Crippen molar-refractivity contribution in [3.8, 4) is 0 Å². The Hall–Kier alpha value is -2.83. The van der Waals surface area contributed by atoms with Gasteiger partial charge in [0.2, 0.25) is 0 Å². The van der Waals surface area contributed by atoms with Crippen molar-refractivity contribution < 1.29 is 13.2 Å². The van der Waals surface area contributed by atoms with Crippen molar-refractivity contribution >= 4 is 33.2 Å². The molecular weight excluding hydrogens is 432 g/mol. The van der Waals surface area contributed by atoms with Crippen molar-refractivity contribution in [2.45, 2.75) is 37.1 Å². The molecular formula is C24H23ClN2O3S. The number of aryl methyl sites for hydroxylation is 2. The van der Waals surface area contributed by atoms with E-state index in [-0.39, 0.29) is 27.4 Å². The average molecular weight is 455 g/mol. The molecule has 1 aliphatic carbocycles. The van der Waals surface area contributed by atoms with E-state index in [0.29, 0.717) is 5.69 Å². The van der Waals surface area contributed by atoms with Gasteiger partial charge in [0.15, 0.2) is 0 Å². The summed E-state index contributed by atoms with van der Waals surface area (Å²) in [4.78, 5) is 12.8. The van der Waals surface area contributed by atoms with E-state index in [1.165, 1.54) is 23.8 Å². The molecule has 0 aromatic heterocycles. The Morgan fingerprint density at radius 3 is 2.65 bits per heavy atom. The number of hydrogen-bond donors (Lipinski definition) is 2. The van der Waals surface area contributed by atoms with Crippen LogP contribution in [0, 0.1) is 6.92 Å². The number of carbonyl (C=O) groups excluding carboxylic acids is 1. The molecule has 1 atom stereocenters. The first-order valence-corrected chi connectivity index (χ1v) is 12.0. The van der Waals surface area contributed by atoms with E-state index in [0.717, 1.165) is 30.4 Å². The lowest BCUT2D eigenvalue weighted by Crippen LogP contribution is -2.31. The van der Waals surface area contributed by atoms with E-state index in [1.807, 2.05) is 31.2 Å². The van der Waals surface area contributed by atoms with Gasteiger partial charge in [-0.25, -0.2) is 8.42 Å². The minimum atomic E-state index is -3.96. The average Bonchev–Trinajstić information content (AvgIpc) is 2.74. The van der Waals surface area contributed by atoms with Gasteiger partial charge in [-0.2, -0.15) is 0 Å². The zero-order valence-electron chi connectivity index (χ0n) is 17.1. The van der Waals surface area contributed by atoms with Crippen LogP contribution in [0.1, 0.15) is 45.9 Å². The molecule has 0 saturated heterocycles. The van der Waals surface area contributed by atoms with E-state index in [2.05, 4.69) is 16.1 Å². The summed E-state index contributed by atoms with van der Waals surface area (Å²) in [6.45, 7) is 1.87. The van der Waals surface area contributed by atoms with Crippen LogP contribution in [0.2, 0.25) is 5.02 Å². The number of halogens is 1. The van der Waals surface area contributed by atoms with E-state index in [1.54, 1.807) is 18.2 Å². The molecule has 7 heteroatoms. The van der Waals surface area contributed by atoms with Crippen LogP contribution in [0.4, 0.5) is 5.69 Å². The topological polar surface area (TPSA) is 75.3 Å². The second-order valence-corrected chi connectivity index (χ2v) is 9.80. The highest BCUT2D eigenvalue weighted by Crippen LogP contribution is 2.30. The number of hydrogen-bond acceptors (Lipinski definition) is 3. The molecule has 1 aliphatic rings. The summed E-state index contributed by atoms with van der Waals surface area (Å²) >= 11 is 6.19. The highest BCUT2D eigenvalue weighted by atomic mass is 35.5. The summed E-state index contributed by atoms with van der Waals surface area (Å²) in [6.07, 6.45) is 2.83. The molecule has 0 saturated carbocycles. The zero-order chi connectivity index (χ0) is 22.0. The van der Waals surface area contributed by atoms with Crippen LogP contribution in [-0.4, -0.2) is 14.3 Å². The van der Waals surface area contributed by atoms with Crippen LogP contribution in [-0.2, 0) is 16.4 Å². The number of benzene rings is 3. The van der Waals surface area contributed by atoms with Crippen LogP contribution < -0.4 is 10.0 Å². The second kappa shape index (κ2) is 8.73. The number of fused-ring (bicyclic) bond motifs is 1. The Kier molecular flexibility index (Phi) is 6.03. The van der Waals surface area contributed by atoms with Gasteiger partial charge >= 0.3 is 0 Å². The first-order valence-electron chi connectivity index (χ1n) is 10.1. The number of amides is 1. The Labute approximate surface area is 187 Å². The van der Waals surface area contributed by atoms with Crippen LogP contribution >= 0.6 is 11.6 Å². The van der Waals surface area contributed by atoms with Gasteiger partial charge in [-0.05, 0) is 73.2 Å². The van der Waals surface area contributed by atoms with E-state index >= 15 is 0 Å². The largest absolute Gasteiger partial charge is 0.345 e. The monoisotopic (exact) mass is 454 g/mol. The lowest BCUT2D eigenvalue weighted by molar-refractivity contribution is 0.0932. The number of anilines is 1. The van der Waals surface area contributed by atoms with Crippen LogP contribution in [0.25, 0.3) is 0 Å². The molecule has 160 valence electrons. The number of carbonyl (C=O) groups is 1. The minimum Gasteiger partial charge on any atom is -0.345 e. The Balaban J connectivity index is 1.58. The fourth-order valence-electron chi connectivity index (χ4n) is 3.91. The fourth-order valence-corrected chi connectivity index (χ4v) is 5.49. The predicted molar refractivity (Wildman–Crippen MR) is 123 cm³/mol. The molecule has 0 heterocycles. The normalized spacial score (nSPS) is 15.7. The quantitative estimate of drug-likeness (QED) is 0.552. The van der Waals surface area contributed by atoms with Gasteiger partial charge in [0.05, 0.1) is 11.1 Å². The van der Waals surface area contributed by atoms with Gasteiger partial charge in [-0.3, -0.25) is 9.52 Å². The van der Waals surface area contributed by atoms with Crippen molar-refractivity contribution in [2.75, 3.05) is 4.72 Å². The van der Waals surface area contributed by atoms with Gasteiger partial charge < -0.3 is 5.32 Å². The first-order chi connectivity index (χ1) is 14.8. The van der Waals surface area contributed by atoms with Crippen molar-refractivity contribution in [1.82, 2.24) is 5.32 Å². The van der Waals surface area contributed by atoms with Gasteiger partial charge in [0, 0.05) is 11.3 Å². The molecule has 0 aliphatic heterocycles. The van der Waals surface area contributed by atoms with E-state index < -0.39 is 10.0 Å². The molecule has 0 unspecified atom stereocenters. The predicted octanol–water partition coefficient (Wildman–Crippen LogP) is 5.26. The van der Waals surface area contributed by atoms with Gasteiger partial charge in [-0.1, -0.05) is 48.0 Å². The molecule has 5 nitrogen and oxygen atoms in total. The van der Waals surface area contributed by atoms with Crippen molar-refractivity contribution in [3.63, 3.8) is 0 Å². The molecule has 1 amide bonds. The maximum atomic E-state index is 12.9. The van der Waals surface area contributed by atoms with Crippen LogP contribution in [0.3, 0.4) is 0 Å². The molecule has 3 aromatic rings. The molecule has 3 aromatic carbocycles. The highest BCUT2D eigenvalue weighted by Gasteiger charge is 2.24. The molecule has 0 bridgehead atoms. The molecule has 0 spiro atoms. The second-order valence-electron chi connectivity index (χ2n) is 7.74. The first kappa shape index (κ1) is 21.4. The number of sulfonamides is 1. The third-order valence-corrected chi connectivity index (χ3v) is 7.29. The zero-order valence-corrected chi connectivity index (χ0v) is 18.6. The summed E-state index contributed by atoms with van der Waals surface area (Å²) in [5.74, 6) is -0.328. The SMILES string of the molecule is Cc1cccc(NS(=O)(=O)c2cc(C(=O)N[C@H]3CCCc4ccccc43)ccc2Cl)c1. The van der Waals surface area contributed by atoms with Crippen molar-refractivity contribution in [1.29, 1.82) is 0 Å². The standard InChI is InChI=1S/C24H23ClN2O3S/c1-16-6-4-9-19(14-16)27-31(29,30)23-15-18(12-13-21(23)25)24(28)26-22-11-5-8-17-7-2-3-10-20(17)22/h2-4,6-7,9-10,12-15,22,27H,5,8,11H2,1H3,(H,26,28)/t22-/m0/s1. The summed E-state index contributed by atoms with van der Waals surface area (Å²) in [6, 6.07) is 19.3. The van der Waals surface area contributed by atoms with Crippen molar-refractivity contribution in [3.05, 3.63) is 94.0 Å². The highest BCUT2D eigenvalue weighted by molar-refractivity contribution is 7.92. The maximum absolute atomic E-state index is 12.9. The van der Waals surface area contributed by atoms with Crippen molar-refractivity contribution in [2.24, 2.45) is 0 Å². The lowest BCUT2D eigenvalue weighted by Gasteiger charge is -2.26. The van der Waals surface area contributed by atoms with Crippen LogP contribution in [0.15, 0.2) is 71.6 Å². The Morgan fingerprint density at radius 1 is 1.03 bits per heavy atom.